The van der Waals surface area contributed by atoms with Crippen molar-refractivity contribution in [3.63, 3.8) is 0 Å². The number of furan rings is 1. The van der Waals surface area contributed by atoms with Gasteiger partial charge in [-0.3, -0.25) is 9.59 Å². The van der Waals surface area contributed by atoms with E-state index in [0.29, 0.717) is 5.56 Å². The van der Waals surface area contributed by atoms with Crippen LogP contribution in [0.5, 0.6) is 0 Å². The van der Waals surface area contributed by atoms with Gasteiger partial charge in [0.1, 0.15) is 5.58 Å². The molecule has 0 saturated heterocycles. The summed E-state index contributed by atoms with van der Waals surface area (Å²) in [7, 11) is 0. The first-order valence-corrected chi connectivity index (χ1v) is 8.67. The number of benzene rings is 2. The first kappa shape index (κ1) is 17.4. The molecule has 4 rings (SSSR count). The molecule has 1 aromatic heterocycles. The van der Waals surface area contributed by atoms with Gasteiger partial charge < -0.3 is 9.15 Å². The van der Waals surface area contributed by atoms with Gasteiger partial charge in [-0.2, -0.15) is 0 Å². The Balaban J connectivity index is 1.41. The van der Waals surface area contributed by atoms with Gasteiger partial charge in [0.2, 0.25) is 0 Å². The van der Waals surface area contributed by atoms with Gasteiger partial charge in [0, 0.05) is 16.5 Å². The monoisotopic (exact) mass is 370 g/mol. The minimum absolute atomic E-state index is 0.0309. The molecule has 2 aromatic carbocycles. The Kier molecular flexibility index (Phi) is 4.48. The van der Waals surface area contributed by atoms with Gasteiger partial charge in [0.25, 0.3) is 0 Å². The molecular formula is C21H16F2O4. The maximum absolute atomic E-state index is 13.2. The summed E-state index contributed by atoms with van der Waals surface area (Å²) >= 11 is 0. The lowest BCUT2D eigenvalue weighted by Crippen LogP contribution is -2.16. The highest BCUT2D eigenvalue weighted by Gasteiger charge is 2.18. The molecule has 0 atom stereocenters. The van der Waals surface area contributed by atoms with Gasteiger partial charge >= 0.3 is 5.97 Å². The molecule has 4 nitrogen and oxygen atoms in total. The zero-order chi connectivity index (χ0) is 19.0. The van der Waals surface area contributed by atoms with Crippen molar-refractivity contribution in [3.8, 4) is 0 Å². The number of hydrogen-bond acceptors (Lipinski definition) is 4. The van der Waals surface area contributed by atoms with Gasteiger partial charge in [-0.05, 0) is 60.7 Å². The first-order valence-electron chi connectivity index (χ1n) is 8.67. The van der Waals surface area contributed by atoms with Crippen molar-refractivity contribution in [2.45, 2.75) is 25.7 Å². The molecule has 0 fully saturated rings. The second kappa shape index (κ2) is 6.95. The number of esters is 1. The molecule has 1 aliphatic rings. The average molecular weight is 370 g/mol. The molecule has 3 aromatic rings. The number of aryl methyl sites for hydroxylation is 2. The second-order valence-corrected chi connectivity index (χ2v) is 6.62. The van der Waals surface area contributed by atoms with E-state index >= 15 is 0 Å². The fourth-order valence-electron chi connectivity index (χ4n) is 3.39. The van der Waals surface area contributed by atoms with Crippen LogP contribution < -0.4 is 0 Å². The predicted octanol–water partition coefficient (Wildman–Crippen LogP) is 4.17. The maximum atomic E-state index is 13.2. The molecule has 1 heterocycles. The largest absolute Gasteiger partial charge is 0.464 e. The molecule has 0 saturated carbocycles. The van der Waals surface area contributed by atoms with Crippen LogP contribution in [0.1, 0.15) is 33.5 Å². The summed E-state index contributed by atoms with van der Waals surface area (Å²) in [6, 6.07) is 6.87. The summed E-state index contributed by atoms with van der Waals surface area (Å²) in [6.45, 7) is -0.533. The van der Waals surface area contributed by atoms with Crippen LogP contribution in [0.25, 0.3) is 11.0 Å². The van der Waals surface area contributed by atoms with Crippen LogP contribution in [0.2, 0.25) is 0 Å². The number of rotatable bonds is 5. The highest BCUT2D eigenvalue weighted by atomic mass is 19.2. The number of carbonyl (C=O) groups excluding carboxylic acids is 2. The minimum atomic E-state index is -1.12. The molecule has 27 heavy (non-hydrogen) atoms. The lowest BCUT2D eigenvalue weighted by atomic mass is 10.0. The van der Waals surface area contributed by atoms with E-state index in [4.69, 9.17) is 9.15 Å². The fraction of sp³-hybridized carbons (Fsp3) is 0.238. The molecule has 0 amide bonds. The zero-order valence-electron chi connectivity index (χ0n) is 14.4. The summed E-state index contributed by atoms with van der Waals surface area (Å²) in [5.41, 5.74) is 3.93. The van der Waals surface area contributed by atoms with Gasteiger partial charge in [0.05, 0.1) is 12.7 Å². The van der Waals surface area contributed by atoms with E-state index in [1.165, 1.54) is 17.4 Å². The molecule has 138 valence electrons. The summed E-state index contributed by atoms with van der Waals surface area (Å²) in [5.74, 6) is -3.35. The summed E-state index contributed by atoms with van der Waals surface area (Å²) in [5, 5.41) is 0.875. The number of fused-ring (bicyclic) bond motifs is 2. The van der Waals surface area contributed by atoms with E-state index < -0.39 is 30.0 Å². The van der Waals surface area contributed by atoms with Gasteiger partial charge in [0.15, 0.2) is 24.0 Å². The average Bonchev–Trinajstić information content (AvgIpc) is 3.26. The van der Waals surface area contributed by atoms with Crippen LogP contribution >= 0.6 is 0 Å². The molecule has 1 aliphatic carbocycles. The molecule has 0 unspecified atom stereocenters. The van der Waals surface area contributed by atoms with Crippen molar-refractivity contribution in [1.29, 1.82) is 0 Å². The lowest BCUT2D eigenvalue weighted by Gasteiger charge is -2.05. The standard InChI is InChI=1S/C21H16F2O4/c22-17-5-4-14(7-18(17)23)19(24)11-27-21(25)9-15-10-26-20-8-13-3-1-2-12(13)6-16(15)20/h4-8,10H,1-3,9,11H2. The third-order valence-electron chi connectivity index (χ3n) is 4.81. The Labute approximate surface area is 153 Å². The van der Waals surface area contributed by atoms with E-state index in [0.717, 1.165) is 48.4 Å². The van der Waals surface area contributed by atoms with Crippen molar-refractivity contribution in [3.05, 3.63) is 70.5 Å². The Bertz CT molecular complexity index is 1050. The molecule has 0 radical (unpaired) electrons. The number of hydrogen-bond donors (Lipinski definition) is 0. The molecule has 6 heteroatoms. The van der Waals surface area contributed by atoms with Crippen LogP contribution in [0.4, 0.5) is 8.78 Å². The maximum Gasteiger partial charge on any atom is 0.310 e. The number of carbonyl (C=O) groups is 2. The van der Waals surface area contributed by atoms with E-state index in [9.17, 15) is 18.4 Å². The Morgan fingerprint density at radius 3 is 2.59 bits per heavy atom. The third kappa shape index (κ3) is 3.47. The lowest BCUT2D eigenvalue weighted by molar-refractivity contribution is -0.141. The first-order chi connectivity index (χ1) is 13.0. The van der Waals surface area contributed by atoms with Crippen molar-refractivity contribution in [1.82, 2.24) is 0 Å². The van der Waals surface area contributed by atoms with Crippen molar-refractivity contribution < 1.29 is 27.5 Å². The Hall–Kier alpha value is -3.02. The van der Waals surface area contributed by atoms with Crippen LogP contribution in [0, 0.1) is 11.6 Å². The van der Waals surface area contributed by atoms with Gasteiger partial charge in [-0.1, -0.05) is 0 Å². The summed E-state index contributed by atoms with van der Waals surface area (Å²) in [4.78, 5) is 24.1. The summed E-state index contributed by atoms with van der Waals surface area (Å²) < 4.78 is 36.6. The number of Topliss-reactive ketones (excluding diaryl/α,β-unsaturated/α-hetero) is 1. The van der Waals surface area contributed by atoms with E-state index in [1.807, 2.05) is 6.07 Å². The zero-order valence-corrected chi connectivity index (χ0v) is 14.4. The highest BCUT2D eigenvalue weighted by Crippen LogP contribution is 2.30. The van der Waals surface area contributed by atoms with Gasteiger partial charge in [-0.25, -0.2) is 8.78 Å². The Morgan fingerprint density at radius 2 is 1.81 bits per heavy atom. The van der Waals surface area contributed by atoms with Gasteiger partial charge in [-0.15, -0.1) is 0 Å². The van der Waals surface area contributed by atoms with Crippen molar-refractivity contribution in [2.75, 3.05) is 6.61 Å². The molecule has 0 spiro atoms. The molecule has 0 aliphatic heterocycles. The topological polar surface area (TPSA) is 56.5 Å². The smallest absolute Gasteiger partial charge is 0.310 e. The summed E-state index contributed by atoms with van der Waals surface area (Å²) in [6.07, 6.45) is 4.67. The Morgan fingerprint density at radius 1 is 1.04 bits per heavy atom. The minimum Gasteiger partial charge on any atom is -0.464 e. The number of ether oxygens (including phenoxy) is 1. The van der Waals surface area contributed by atoms with E-state index in [-0.39, 0.29) is 12.0 Å². The van der Waals surface area contributed by atoms with Crippen LogP contribution in [0.3, 0.4) is 0 Å². The number of ketones is 1. The number of halogens is 2. The van der Waals surface area contributed by atoms with E-state index in [2.05, 4.69) is 6.07 Å². The molecular weight excluding hydrogens is 354 g/mol. The van der Waals surface area contributed by atoms with Crippen LogP contribution in [0.15, 0.2) is 41.0 Å². The third-order valence-corrected chi connectivity index (χ3v) is 4.81. The van der Waals surface area contributed by atoms with Crippen molar-refractivity contribution >= 4 is 22.7 Å². The van der Waals surface area contributed by atoms with Crippen LogP contribution in [-0.2, 0) is 28.8 Å². The predicted molar refractivity (Wildman–Crippen MR) is 93.6 cm³/mol. The molecule has 0 bridgehead atoms. The molecule has 0 N–H and O–H groups in total. The van der Waals surface area contributed by atoms with E-state index in [1.54, 1.807) is 0 Å². The quantitative estimate of drug-likeness (QED) is 0.500. The van der Waals surface area contributed by atoms with Crippen molar-refractivity contribution in [2.24, 2.45) is 0 Å². The SMILES string of the molecule is O=C(Cc1coc2cc3c(cc12)CCC3)OCC(=O)c1ccc(F)c(F)c1. The second-order valence-electron chi connectivity index (χ2n) is 6.62. The highest BCUT2D eigenvalue weighted by molar-refractivity contribution is 5.98. The normalized spacial score (nSPS) is 13.0. The van der Waals surface area contributed by atoms with Crippen LogP contribution in [-0.4, -0.2) is 18.4 Å². The fourth-order valence-corrected chi connectivity index (χ4v) is 3.39.